The highest BCUT2D eigenvalue weighted by molar-refractivity contribution is 5.78. The highest BCUT2D eigenvalue weighted by Crippen LogP contribution is 2.20. The van der Waals surface area contributed by atoms with Gasteiger partial charge < -0.3 is 14.8 Å². The zero-order valence-electron chi connectivity index (χ0n) is 13.3. The van der Waals surface area contributed by atoms with Crippen LogP contribution in [-0.4, -0.2) is 26.7 Å². The molecule has 23 heavy (non-hydrogen) atoms. The molecular weight excluding hydrogens is 297 g/mol. The van der Waals surface area contributed by atoms with Crippen LogP contribution in [0.1, 0.15) is 11.1 Å². The molecule has 0 aliphatic heterocycles. The molecule has 0 saturated heterocycles. The van der Waals surface area contributed by atoms with Crippen LogP contribution in [0.2, 0.25) is 0 Å². The molecule has 0 aliphatic carbocycles. The second kappa shape index (κ2) is 8.17. The topological polar surface area (TPSA) is 47.6 Å². The Balaban J connectivity index is 1.86. The monoisotopic (exact) mass is 317 g/mol. The summed E-state index contributed by atoms with van der Waals surface area (Å²) in [7, 11) is 3.01. The van der Waals surface area contributed by atoms with Crippen molar-refractivity contribution >= 4 is 5.91 Å². The van der Waals surface area contributed by atoms with Crippen molar-refractivity contribution in [2.24, 2.45) is 0 Å². The Bertz CT molecular complexity index is 673. The molecule has 0 heterocycles. The number of benzene rings is 2. The van der Waals surface area contributed by atoms with Crippen molar-refractivity contribution in [2.75, 3.05) is 20.8 Å². The van der Waals surface area contributed by atoms with E-state index in [4.69, 9.17) is 9.47 Å². The fraction of sp³-hybridized carbons (Fsp3) is 0.278. The first kappa shape index (κ1) is 16.8. The average molecular weight is 317 g/mol. The molecule has 0 saturated carbocycles. The number of rotatable bonds is 7. The maximum atomic E-state index is 14.0. The van der Waals surface area contributed by atoms with Gasteiger partial charge in [0.25, 0.3) is 0 Å². The molecule has 0 aliphatic rings. The summed E-state index contributed by atoms with van der Waals surface area (Å²) in [6.45, 7) is 0.484. The molecule has 0 radical (unpaired) electrons. The van der Waals surface area contributed by atoms with E-state index in [-0.39, 0.29) is 18.1 Å². The molecule has 2 aromatic carbocycles. The maximum Gasteiger partial charge on any atom is 0.224 e. The summed E-state index contributed by atoms with van der Waals surface area (Å²) in [4.78, 5) is 11.9. The van der Waals surface area contributed by atoms with E-state index in [2.05, 4.69) is 5.32 Å². The minimum atomic E-state index is -0.488. The lowest BCUT2D eigenvalue weighted by molar-refractivity contribution is -0.120. The van der Waals surface area contributed by atoms with Crippen LogP contribution >= 0.6 is 0 Å². The molecule has 2 aromatic rings. The lowest BCUT2D eigenvalue weighted by Crippen LogP contribution is -2.27. The van der Waals surface area contributed by atoms with Crippen molar-refractivity contribution in [3.8, 4) is 11.5 Å². The Kier molecular flexibility index (Phi) is 5.97. The molecule has 0 bridgehead atoms. The fourth-order valence-electron chi connectivity index (χ4n) is 2.26. The summed E-state index contributed by atoms with van der Waals surface area (Å²) in [6.07, 6.45) is 0.671. The highest BCUT2D eigenvalue weighted by atomic mass is 19.1. The van der Waals surface area contributed by atoms with Gasteiger partial charge in [0.05, 0.1) is 20.6 Å². The third-order valence-electron chi connectivity index (χ3n) is 3.48. The highest BCUT2D eigenvalue weighted by Gasteiger charge is 2.11. The fourth-order valence-corrected chi connectivity index (χ4v) is 2.26. The molecule has 0 unspecified atom stereocenters. The molecule has 4 nitrogen and oxygen atoms in total. The average Bonchev–Trinajstić information content (AvgIpc) is 2.57. The number of ether oxygens (including phenoxy) is 2. The zero-order chi connectivity index (χ0) is 16.7. The van der Waals surface area contributed by atoms with Crippen LogP contribution < -0.4 is 14.8 Å². The predicted octanol–water partition coefficient (Wildman–Crippen LogP) is 2.74. The van der Waals surface area contributed by atoms with Gasteiger partial charge in [-0.1, -0.05) is 24.3 Å². The van der Waals surface area contributed by atoms with Gasteiger partial charge in [-0.3, -0.25) is 4.79 Å². The van der Waals surface area contributed by atoms with Crippen LogP contribution in [0.15, 0.2) is 42.5 Å². The summed E-state index contributed by atoms with van der Waals surface area (Å²) >= 11 is 0. The van der Waals surface area contributed by atoms with Crippen LogP contribution in [0.3, 0.4) is 0 Å². The molecule has 0 spiro atoms. The molecular formula is C18H20FNO3. The molecule has 2 rings (SSSR count). The molecule has 5 heteroatoms. The first-order chi connectivity index (χ1) is 11.1. The Morgan fingerprint density at radius 1 is 1.13 bits per heavy atom. The van der Waals surface area contributed by atoms with Crippen molar-refractivity contribution in [2.45, 2.75) is 12.8 Å². The van der Waals surface area contributed by atoms with E-state index >= 15 is 0 Å². The molecule has 0 fully saturated rings. The Morgan fingerprint density at radius 3 is 2.65 bits per heavy atom. The first-order valence-electron chi connectivity index (χ1n) is 7.35. The van der Waals surface area contributed by atoms with Crippen molar-refractivity contribution in [3.05, 3.63) is 59.4 Å². The van der Waals surface area contributed by atoms with E-state index < -0.39 is 5.82 Å². The van der Waals surface area contributed by atoms with Crippen molar-refractivity contribution in [1.29, 1.82) is 0 Å². The number of methoxy groups -OCH3 is 2. The van der Waals surface area contributed by atoms with Gasteiger partial charge >= 0.3 is 0 Å². The molecule has 1 amide bonds. The van der Waals surface area contributed by atoms with Crippen LogP contribution in [0.5, 0.6) is 11.5 Å². The smallest absolute Gasteiger partial charge is 0.224 e. The molecule has 122 valence electrons. The minimum Gasteiger partial charge on any atom is -0.497 e. The molecule has 0 aromatic heterocycles. The Hall–Kier alpha value is -2.56. The van der Waals surface area contributed by atoms with Gasteiger partial charge in [-0.2, -0.15) is 0 Å². The van der Waals surface area contributed by atoms with Gasteiger partial charge in [0.2, 0.25) is 5.91 Å². The lowest BCUT2D eigenvalue weighted by Gasteiger charge is -2.09. The SMILES string of the molecule is COc1cccc(CCNC(=O)Cc2cccc(OC)c2F)c1. The van der Waals surface area contributed by atoms with E-state index in [9.17, 15) is 9.18 Å². The quantitative estimate of drug-likeness (QED) is 0.854. The van der Waals surface area contributed by atoms with Gasteiger partial charge in [0.1, 0.15) is 5.75 Å². The van der Waals surface area contributed by atoms with Gasteiger partial charge in [0, 0.05) is 12.1 Å². The normalized spacial score (nSPS) is 10.2. The first-order valence-corrected chi connectivity index (χ1v) is 7.35. The lowest BCUT2D eigenvalue weighted by atomic mass is 10.1. The summed E-state index contributed by atoms with van der Waals surface area (Å²) in [5.41, 5.74) is 1.39. The number of hydrogen-bond donors (Lipinski definition) is 1. The Labute approximate surface area is 135 Å². The summed E-state index contributed by atoms with van der Waals surface area (Å²) in [5.74, 6) is 0.219. The number of halogens is 1. The second-order valence-corrected chi connectivity index (χ2v) is 5.06. The van der Waals surface area contributed by atoms with Crippen LogP contribution in [0.25, 0.3) is 0 Å². The van der Waals surface area contributed by atoms with Crippen molar-refractivity contribution < 1.29 is 18.7 Å². The standard InChI is InChI=1S/C18H20FNO3/c1-22-15-7-3-5-13(11-15)9-10-20-17(21)12-14-6-4-8-16(23-2)18(14)19/h3-8,11H,9-10,12H2,1-2H3,(H,20,21). The summed E-state index contributed by atoms with van der Waals surface area (Å²) in [6, 6.07) is 12.4. The van der Waals surface area contributed by atoms with Crippen molar-refractivity contribution in [3.63, 3.8) is 0 Å². The van der Waals surface area contributed by atoms with Gasteiger partial charge in [-0.15, -0.1) is 0 Å². The number of hydrogen-bond acceptors (Lipinski definition) is 3. The van der Waals surface area contributed by atoms with Crippen LogP contribution in [0, 0.1) is 5.82 Å². The van der Waals surface area contributed by atoms with Gasteiger partial charge in [-0.05, 0) is 30.2 Å². The Morgan fingerprint density at radius 2 is 1.91 bits per heavy atom. The van der Waals surface area contributed by atoms with E-state index in [1.165, 1.54) is 13.2 Å². The van der Waals surface area contributed by atoms with Gasteiger partial charge in [0.15, 0.2) is 11.6 Å². The number of carbonyl (C=O) groups is 1. The molecule has 0 atom stereocenters. The van der Waals surface area contributed by atoms with Crippen LogP contribution in [0.4, 0.5) is 4.39 Å². The second-order valence-electron chi connectivity index (χ2n) is 5.06. The van der Waals surface area contributed by atoms with E-state index in [1.54, 1.807) is 19.2 Å². The van der Waals surface area contributed by atoms with E-state index in [0.29, 0.717) is 18.5 Å². The third-order valence-corrected chi connectivity index (χ3v) is 3.48. The minimum absolute atomic E-state index is 0.0128. The van der Waals surface area contributed by atoms with Crippen LogP contribution in [-0.2, 0) is 17.6 Å². The summed E-state index contributed by atoms with van der Waals surface area (Å²) in [5, 5.41) is 2.79. The number of carbonyl (C=O) groups excluding carboxylic acids is 1. The largest absolute Gasteiger partial charge is 0.497 e. The zero-order valence-corrected chi connectivity index (χ0v) is 13.3. The summed E-state index contributed by atoms with van der Waals surface area (Å²) < 4.78 is 24.0. The van der Waals surface area contributed by atoms with E-state index in [0.717, 1.165) is 11.3 Å². The maximum absolute atomic E-state index is 14.0. The number of nitrogens with one attached hydrogen (secondary N) is 1. The predicted molar refractivity (Wildman–Crippen MR) is 86.4 cm³/mol. The third kappa shape index (κ3) is 4.71. The number of amides is 1. The van der Waals surface area contributed by atoms with E-state index in [1.807, 2.05) is 24.3 Å². The molecule has 1 N–H and O–H groups in total. The van der Waals surface area contributed by atoms with Gasteiger partial charge in [-0.25, -0.2) is 4.39 Å². The van der Waals surface area contributed by atoms with Crippen molar-refractivity contribution in [1.82, 2.24) is 5.32 Å².